The molecule has 72 valence electrons. The van der Waals surface area contributed by atoms with Gasteiger partial charge in [0.15, 0.2) is 0 Å². The highest BCUT2D eigenvalue weighted by molar-refractivity contribution is 7.80. The summed E-state index contributed by atoms with van der Waals surface area (Å²) in [4.78, 5) is 0.569. The maximum absolute atomic E-state index is 9.14. The number of hydrogen-bond donors (Lipinski definition) is 4. The third-order valence-electron chi connectivity index (χ3n) is 2.06. The number of nitrogen functional groups attached to an aromatic ring is 1. The van der Waals surface area contributed by atoms with Crippen LogP contribution in [0.2, 0.25) is 0 Å². The third kappa shape index (κ3) is 1.40. The van der Waals surface area contributed by atoms with Gasteiger partial charge in [0.2, 0.25) is 0 Å². The minimum absolute atomic E-state index is 0.453. The fourth-order valence-corrected chi connectivity index (χ4v) is 2.57. The van der Waals surface area contributed by atoms with Crippen molar-refractivity contribution in [1.82, 2.24) is 0 Å². The number of fused-ring (bicyclic) bond motifs is 1. The van der Waals surface area contributed by atoms with Gasteiger partial charge in [-0.15, -0.1) is 24.0 Å². The van der Waals surface area contributed by atoms with Crippen LogP contribution < -0.4 is 11.2 Å². The summed E-state index contributed by atoms with van der Waals surface area (Å²) in [6, 6.07) is 3.43. The van der Waals surface area contributed by atoms with Gasteiger partial charge in [-0.05, 0) is 17.5 Å². The summed E-state index contributed by atoms with van der Waals surface area (Å²) < 4.78 is 0.801. The van der Waals surface area contributed by atoms with Crippen LogP contribution in [0.1, 0.15) is 0 Å². The highest BCUT2D eigenvalue weighted by atomic mass is 32.1. The molecule has 0 amide bonds. The Bertz CT molecular complexity index is 483. The van der Waals surface area contributed by atoms with Gasteiger partial charge in [-0.1, -0.05) is 0 Å². The minimum atomic E-state index is -1.48. The lowest BCUT2D eigenvalue weighted by molar-refractivity contribution is 0.426. The molecular formula is C8H8BNO2S2. The zero-order chi connectivity index (χ0) is 10.3. The number of benzene rings is 1. The first-order valence-electron chi connectivity index (χ1n) is 3.96. The van der Waals surface area contributed by atoms with E-state index in [2.05, 4.69) is 12.6 Å². The van der Waals surface area contributed by atoms with Crippen LogP contribution in [0.4, 0.5) is 5.69 Å². The fourth-order valence-electron chi connectivity index (χ4n) is 1.37. The molecule has 0 fully saturated rings. The maximum atomic E-state index is 9.14. The summed E-state index contributed by atoms with van der Waals surface area (Å²) in [6.07, 6.45) is 0. The van der Waals surface area contributed by atoms with Crippen LogP contribution in [0.15, 0.2) is 22.4 Å². The van der Waals surface area contributed by atoms with Gasteiger partial charge in [-0.25, -0.2) is 0 Å². The van der Waals surface area contributed by atoms with Crippen LogP contribution in [0, 0.1) is 0 Å². The van der Waals surface area contributed by atoms with E-state index in [-0.39, 0.29) is 0 Å². The van der Waals surface area contributed by atoms with Gasteiger partial charge in [0.25, 0.3) is 0 Å². The number of thiophene rings is 1. The van der Waals surface area contributed by atoms with Gasteiger partial charge >= 0.3 is 7.12 Å². The average Bonchev–Trinajstić information content (AvgIpc) is 2.59. The van der Waals surface area contributed by atoms with Crippen molar-refractivity contribution in [2.45, 2.75) is 4.90 Å². The lowest BCUT2D eigenvalue weighted by Gasteiger charge is -2.06. The van der Waals surface area contributed by atoms with Crippen LogP contribution >= 0.6 is 24.0 Å². The molecule has 0 atom stereocenters. The highest BCUT2D eigenvalue weighted by Crippen LogP contribution is 2.29. The number of anilines is 1. The maximum Gasteiger partial charge on any atom is 0.489 e. The van der Waals surface area contributed by atoms with E-state index in [1.807, 2.05) is 11.4 Å². The number of nitrogens with two attached hydrogens (primary N) is 1. The van der Waals surface area contributed by atoms with E-state index in [9.17, 15) is 0 Å². The van der Waals surface area contributed by atoms with Crippen molar-refractivity contribution in [3.8, 4) is 0 Å². The molecule has 0 aliphatic carbocycles. The van der Waals surface area contributed by atoms with Gasteiger partial charge in [0.1, 0.15) is 0 Å². The molecule has 1 aromatic carbocycles. The molecule has 3 nitrogen and oxygen atoms in total. The number of hydrogen-bond acceptors (Lipinski definition) is 5. The summed E-state index contributed by atoms with van der Waals surface area (Å²) in [5.74, 6) is 0. The molecule has 0 bridgehead atoms. The Morgan fingerprint density at radius 3 is 2.79 bits per heavy atom. The molecule has 0 saturated carbocycles. The van der Waals surface area contributed by atoms with E-state index in [1.54, 1.807) is 6.07 Å². The standard InChI is InChI=1S/C8H8BNO2S2/c10-7-4-1-2-14-8(4)5(9(11)12)3-6(7)13/h1-3,11-13H,10H2. The molecular weight excluding hydrogens is 217 g/mol. The Labute approximate surface area is 90.7 Å². The fraction of sp³-hybridized carbons (Fsp3) is 0. The van der Waals surface area contributed by atoms with Crippen molar-refractivity contribution in [3.63, 3.8) is 0 Å². The normalized spacial score (nSPS) is 10.8. The zero-order valence-electron chi connectivity index (χ0n) is 7.14. The molecule has 2 rings (SSSR count). The van der Waals surface area contributed by atoms with Gasteiger partial charge in [0, 0.05) is 20.4 Å². The van der Waals surface area contributed by atoms with E-state index in [0.717, 1.165) is 10.1 Å². The molecule has 0 aliphatic rings. The molecule has 4 N–H and O–H groups in total. The molecule has 1 aromatic heterocycles. The molecule has 0 saturated heterocycles. The van der Waals surface area contributed by atoms with E-state index in [0.29, 0.717) is 16.0 Å². The van der Waals surface area contributed by atoms with Gasteiger partial charge in [-0.3, -0.25) is 0 Å². The second kappa shape index (κ2) is 3.47. The lowest BCUT2D eigenvalue weighted by atomic mass is 9.79. The quantitative estimate of drug-likeness (QED) is 0.323. The van der Waals surface area contributed by atoms with Gasteiger partial charge in [0.05, 0.1) is 5.69 Å². The summed E-state index contributed by atoms with van der Waals surface area (Å²) in [5, 5.41) is 21.0. The van der Waals surface area contributed by atoms with Crippen molar-refractivity contribution >= 4 is 52.3 Å². The van der Waals surface area contributed by atoms with Crippen molar-refractivity contribution < 1.29 is 10.0 Å². The summed E-state index contributed by atoms with van der Waals surface area (Å²) in [6.45, 7) is 0. The Morgan fingerprint density at radius 1 is 1.43 bits per heavy atom. The molecule has 0 spiro atoms. The van der Waals surface area contributed by atoms with Crippen LogP contribution in [0.5, 0.6) is 0 Å². The second-order valence-corrected chi connectivity index (χ2v) is 4.33. The predicted molar refractivity (Wildman–Crippen MR) is 63.3 cm³/mol. The van der Waals surface area contributed by atoms with Gasteiger partial charge < -0.3 is 15.8 Å². The Morgan fingerprint density at radius 2 is 2.14 bits per heavy atom. The van der Waals surface area contributed by atoms with E-state index >= 15 is 0 Å². The van der Waals surface area contributed by atoms with Crippen molar-refractivity contribution in [2.24, 2.45) is 0 Å². The van der Waals surface area contributed by atoms with Crippen molar-refractivity contribution in [3.05, 3.63) is 17.5 Å². The number of thiol groups is 1. The molecule has 0 unspecified atom stereocenters. The monoisotopic (exact) mass is 225 g/mol. The van der Waals surface area contributed by atoms with E-state index < -0.39 is 7.12 Å². The van der Waals surface area contributed by atoms with Crippen LogP contribution in [-0.2, 0) is 0 Å². The molecule has 2 aromatic rings. The number of rotatable bonds is 1. The minimum Gasteiger partial charge on any atom is -0.423 e. The summed E-state index contributed by atoms with van der Waals surface area (Å²) >= 11 is 5.60. The largest absolute Gasteiger partial charge is 0.489 e. The first kappa shape index (κ1) is 9.85. The van der Waals surface area contributed by atoms with Crippen LogP contribution in [0.3, 0.4) is 0 Å². The summed E-state index contributed by atoms with van der Waals surface area (Å²) in [5.41, 5.74) is 6.83. The van der Waals surface area contributed by atoms with E-state index in [1.165, 1.54) is 11.3 Å². The molecule has 6 heteroatoms. The van der Waals surface area contributed by atoms with Crippen LogP contribution in [-0.4, -0.2) is 17.2 Å². The van der Waals surface area contributed by atoms with Crippen LogP contribution in [0.25, 0.3) is 10.1 Å². The summed E-state index contributed by atoms with van der Waals surface area (Å²) in [7, 11) is -1.48. The first-order valence-corrected chi connectivity index (χ1v) is 5.28. The molecule has 1 heterocycles. The van der Waals surface area contributed by atoms with Crippen molar-refractivity contribution in [2.75, 3.05) is 5.73 Å². The second-order valence-electron chi connectivity index (χ2n) is 2.94. The Balaban J connectivity index is 2.84. The molecule has 0 aliphatic heterocycles. The topological polar surface area (TPSA) is 66.5 Å². The predicted octanol–water partition coefficient (Wildman–Crippen LogP) is 0.452. The van der Waals surface area contributed by atoms with Gasteiger partial charge in [-0.2, -0.15) is 0 Å². The molecule has 14 heavy (non-hydrogen) atoms. The van der Waals surface area contributed by atoms with E-state index in [4.69, 9.17) is 15.8 Å². The molecule has 0 radical (unpaired) electrons. The van der Waals surface area contributed by atoms with Crippen molar-refractivity contribution in [1.29, 1.82) is 0 Å². The third-order valence-corrected chi connectivity index (χ3v) is 3.40. The average molecular weight is 225 g/mol. The Hall–Kier alpha value is -0.685. The zero-order valence-corrected chi connectivity index (χ0v) is 8.85. The first-order chi connectivity index (χ1) is 6.61. The SMILES string of the molecule is Nc1c(S)cc(B(O)O)c2sccc12. The smallest absolute Gasteiger partial charge is 0.423 e. The highest BCUT2D eigenvalue weighted by Gasteiger charge is 2.18. The lowest BCUT2D eigenvalue weighted by Crippen LogP contribution is -2.30. The Kier molecular flexibility index (Phi) is 2.44.